The second kappa shape index (κ2) is 6.14. The summed E-state index contributed by atoms with van der Waals surface area (Å²) in [6.45, 7) is 0.124. The third kappa shape index (κ3) is 2.88. The molecule has 0 amide bonds. The van der Waals surface area contributed by atoms with Gasteiger partial charge in [0, 0.05) is 0 Å². The second-order valence-electron chi connectivity index (χ2n) is 5.50. The number of rotatable bonds is 3. The van der Waals surface area contributed by atoms with E-state index < -0.39 is 0 Å². The molecule has 1 N–H and O–H groups in total. The third-order valence-corrected chi connectivity index (χ3v) is 4.11. The summed E-state index contributed by atoms with van der Waals surface area (Å²) in [6, 6.07) is 7.87. The number of aromatic nitrogens is 2. The maximum atomic E-state index is 9.64. The van der Waals surface area contributed by atoms with Crippen LogP contribution in [0.5, 0.6) is 0 Å². The Morgan fingerprint density at radius 1 is 1.15 bits per heavy atom. The SMILES string of the molecule is OC/C(=C/c1cnc2ccccc2n1)C1CCCCC1. The molecule has 1 aromatic carbocycles. The Balaban J connectivity index is 1.90. The Kier molecular flexibility index (Phi) is 4.07. The molecule has 0 saturated heterocycles. The lowest BCUT2D eigenvalue weighted by Crippen LogP contribution is -2.11. The molecule has 0 aliphatic heterocycles. The molecule has 0 radical (unpaired) electrons. The lowest BCUT2D eigenvalue weighted by Gasteiger charge is -2.23. The fraction of sp³-hybridized carbons (Fsp3) is 0.412. The van der Waals surface area contributed by atoms with Crippen LogP contribution in [0, 0.1) is 5.92 Å². The van der Waals surface area contributed by atoms with Gasteiger partial charge in [0.05, 0.1) is 29.5 Å². The molecule has 1 aliphatic carbocycles. The van der Waals surface area contributed by atoms with Crippen molar-refractivity contribution >= 4 is 17.1 Å². The largest absolute Gasteiger partial charge is 0.392 e. The van der Waals surface area contributed by atoms with Gasteiger partial charge in [-0.3, -0.25) is 4.98 Å². The summed E-state index contributed by atoms with van der Waals surface area (Å²) in [5.74, 6) is 0.516. The van der Waals surface area contributed by atoms with E-state index in [4.69, 9.17) is 0 Å². The van der Waals surface area contributed by atoms with Gasteiger partial charge in [-0.2, -0.15) is 0 Å². The van der Waals surface area contributed by atoms with E-state index in [1.807, 2.05) is 30.3 Å². The van der Waals surface area contributed by atoms with Crippen LogP contribution < -0.4 is 0 Å². The van der Waals surface area contributed by atoms with Crippen LogP contribution in [0.1, 0.15) is 37.8 Å². The number of aliphatic hydroxyl groups excluding tert-OH is 1. The van der Waals surface area contributed by atoms with Gasteiger partial charge >= 0.3 is 0 Å². The fourth-order valence-corrected chi connectivity index (χ4v) is 3.00. The average molecular weight is 268 g/mol. The smallest absolute Gasteiger partial charge is 0.0894 e. The molecule has 0 unspecified atom stereocenters. The zero-order valence-electron chi connectivity index (χ0n) is 11.6. The lowest BCUT2D eigenvalue weighted by molar-refractivity contribution is 0.295. The van der Waals surface area contributed by atoms with E-state index in [9.17, 15) is 5.11 Å². The van der Waals surface area contributed by atoms with Crippen LogP contribution in [0.2, 0.25) is 0 Å². The van der Waals surface area contributed by atoms with Gasteiger partial charge < -0.3 is 5.11 Å². The van der Waals surface area contributed by atoms with Gasteiger partial charge in [0.15, 0.2) is 0 Å². The quantitative estimate of drug-likeness (QED) is 0.925. The van der Waals surface area contributed by atoms with E-state index in [0.29, 0.717) is 5.92 Å². The van der Waals surface area contributed by atoms with Crippen LogP contribution in [0.4, 0.5) is 0 Å². The average Bonchev–Trinajstić information content (AvgIpc) is 2.53. The summed E-state index contributed by atoms with van der Waals surface area (Å²) in [5.41, 5.74) is 3.77. The van der Waals surface area contributed by atoms with E-state index >= 15 is 0 Å². The first-order valence-corrected chi connectivity index (χ1v) is 7.40. The van der Waals surface area contributed by atoms with E-state index in [0.717, 1.165) is 22.3 Å². The summed E-state index contributed by atoms with van der Waals surface area (Å²) >= 11 is 0. The number of para-hydroxylation sites is 2. The number of nitrogens with zero attached hydrogens (tertiary/aromatic N) is 2. The zero-order valence-corrected chi connectivity index (χ0v) is 11.6. The Morgan fingerprint density at radius 3 is 2.65 bits per heavy atom. The Hall–Kier alpha value is -1.74. The summed E-state index contributed by atoms with van der Waals surface area (Å²) in [4.78, 5) is 9.03. The first kappa shape index (κ1) is 13.3. The minimum absolute atomic E-state index is 0.124. The molecule has 1 aromatic heterocycles. The maximum Gasteiger partial charge on any atom is 0.0894 e. The standard InChI is InChI=1S/C17H20N2O/c20-12-14(13-6-2-1-3-7-13)10-15-11-18-16-8-4-5-9-17(16)19-15/h4-5,8-11,13,20H,1-3,6-7,12H2/b14-10-. The highest BCUT2D eigenvalue weighted by Crippen LogP contribution is 2.30. The molecule has 0 atom stereocenters. The van der Waals surface area contributed by atoms with Gasteiger partial charge in [-0.05, 0) is 42.5 Å². The van der Waals surface area contributed by atoms with Crippen molar-refractivity contribution in [1.29, 1.82) is 0 Å². The topological polar surface area (TPSA) is 46.0 Å². The Morgan fingerprint density at radius 2 is 1.90 bits per heavy atom. The Labute approximate surface area is 119 Å². The van der Waals surface area contributed by atoms with E-state index in [1.54, 1.807) is 6.20 Å². The van der Waals surface area contributed by atoms with Crippen LogP contribution in [0.25, 0.3) is 17.1 Å². The highest BCUT2D eigenvalue weighted by molar-refractivity contribution is 5.74. The van der Waals surface area contributed by atoms with Gasteiger partial charge in [-0.15, -0.1) is 0 Å². The van der Waals surface area contributed by atoms with Crippen molar-refractivity contribution in [1.82, 2.24) is 9.97 Å². The van der Waals surface area contributed by atoms with Crippen molar-refractivity contribution in [2.75, 3.05) is 6.61 Å². The van der Waals surface area contributed by atoms with Crippen molar-refractivity contribution in [3.63, 3.8) is 0 Å². The van der Waals surface area contributed by atoms with Gasteiger partial charge in [-0.25, -0.2) is 4.98 Å². The maximum absolute atomic E-state index is 9.64. The summed E-state index contributed by atoms with van der Waals surface area (Å²) in [7, 11) is 0. The molecule has 104 valence electrons. The molecule has 1 saturated carbocycles. The molecule has 2 aromatic rings. The van der Waals surface area contributed by atoms with Crippen LogP contribution in [-0.4, -0.2) is 21.7 Å². The van der Waals surface area contributed by atoms with Crippen molar-refractivity contribution in [2.45, 2.75) is 32.1 Å². The molecular formula is C17H20N2O. The number of benzene rings is 1. The fourth-order valence-electron chi connectivity index (χ4n) is 3.00. The van der Waals surface area contributed by atoms with Crippen LogP contribution in [-0.2, 0) is 0 Å². The summed E-state index contributed by atoms with van der Waals surface area (Å²) in [6.07, 6.45) is 10.1. The molecule has 1 fully saturated rings. The van der Waals surface area contributed by atoms with E-state index in [2.05, 4.69) is 9.97 Å². The van der Waals surface area contributed by atoms with Gasteiger partial charge in [0.2, 0.25) is 0 Å². The number of hydrogen-bond acceptors (Lipinski definition) is 3. The molecule has 0 spiro atoms. The van der Waals surface area contributed by atoms with Crippen molar-refractivity contribution in [2.24, 2.45) is 5.92 Å². The first-order chi connectivity index (χ1) is 9.86. The monoisotopic (exact) mass is 268 g/mol. The summed E-state index contributed by atoms with van der Waals surface area (Å²) in [5, 5.41) is 9.64. The molecule has 1 heterocycles. The van der Waals surface area contributed by atoms with Crippen molar-refractivity contribution < 1.29 is 5.11 Å². The lowest BCUT2D eigenvalue weighted by atomic mass is 9.83. The molecule has 0 bridgehead atoms. The van der Waals surface area contributed by atoms with E-state index in [1.165, 1.54) is 32.1 Å². The predicted octanol–water partition coefficient (Wildman–Crippen LogP) is 3.59. The number of aliphatic hydroxyl groups is 1. The highest BCUT2D eigenvalue weighted by Gasteiger charge is 2.17. The zero-order chi connectivity index (χ0) is 13.8. The second-order valence-corrected chi connectivity index (χ2v) is 5.50. The predicted molar refractivity (Wildman–Crippen MR) is 81.2 cm³/mol. The molecule has 1 aliphatic rings. The van der Waals surface area contributed by atoms with Gasteiger partial charge in [0.1, 0.15) is 0 Å². The number of fused-ring (bicyclic) bond motifs is 1. The number of hydrogen-bond donors (Lipinski definition) is 1. The molecule has 3 nitrogen and oxygen atoms in total. The third-order valence-electron chi connectivity index (χ3n) is 4.11. The van der Waals surface area contributed by atoms with Crippen LogP contribution in [0.3, 0.4) is 0 Å². The normalized spacial score (nSPS) is 17.6. The van der Waals surface area contributed by atoms with Gasteiger partial charge in [-0.1, -0.05) is 31.4 Å². The van der Waals surface area contributed by atoms with Crippen LogP contribution in [0.15, 0.2) is 36.0 Å². The molecule has 3 heteroatoms. The minimum Gasteiger partial charge on any atom is -0.392 e. The van der Waals surface area contributed by atoms with Crippen molar-refractivity contribution in [3.05, 3.63) is 41.7 Å². The minimum atomic E-state index is 0.124. The molecule has 20 heavy (non-hydrogen) atoms. The van der Waals surface area contributed by atoms with E-state index in [-0.39, 0.29) is 6.61 Å². The highest BCUT2D eigenvalue weighted by atomic mass is 16.3. The Bertz CT molecular complexity index is 615. The van der Waals surface area contributed by atoms with Crippen LogP contribution >= 0.6 is 0 Å². The summed E-state index contributed by atoms with van der Waals surface area (Å²) < 4.78 is 0. The molecule has 3 rings (SSSR count). The van der Waals surface area contributed by atoms with Crippen molar-refractivity contribution in [3.8, 4) is 0 Å². The molecular weight excluding hydrogens is 248 g/mol. The van der Waals surface area contributed by atoms with Gasteiger partial charge in [0.25, 0.3) is 0 Å². The first-order valence-electron chi connectivity index (χ1n) is 7.40.